The summed E-state index contributed by atoms with van der Waals surface area (Å²) < 4.78 is 31.7. The minimum absolute atomic E-state index is 0.173. The number of rotatable bonds is 3. The van der Waals surface area contributed by atoms with E-state index in [1.165, 1.54) is 32.1 Å². The van der Waals surface area contributed by atoms with Gasteiger partial charge in [0, 0.05) is 18.3 Å². The van der Waals surface area contributed by atoms with Gasteiger partial charge in [0.15, 0.2) is 0 Å². The normalized spacial score (nSPS) is 30.9. The molecule has 7 nitrogen and oxygen atoms in total. The van der Waals surface area contributed by atoms with Crippen LogP contribution in [0.3, 0.4) is 0 Å². The van der Waals surface area contributed by atoms with Crippen molar-refractivity contribution in [2.24, 2.45) is 29.4 Å². The zero-order valence-corrected chi connectivity index (χ0v) is 17.6. The van der Waals surface area contributed by atoms with Gasteiger partial charge < -0.3 is 21.5 Å². The molecule has 4 aliphatic carbocycles. The second kappa shape index (κ2) is 8.64. The van der Waals surface area contributed by atoms with Crippen molar-refractivity contribution in [1.82, 2.24) is 10.3 Å². The van der Waals surface area contributed by atoms with Crippen LogP contribution in [0.15, 0.2) is 12.3 Å². The Morgan fingerprint density at radius 3 is 2.13 bits per heavy atom. The number of hydrogen-bond donors (Lipinski definition) is 4. The molecule has 0 unspecified atom stereocenters. The van der Waals surface area contributed by atoms with Crippen LogP contribution in [0, 0.1) is 37.5 Å². The number of carboxylic acids is 1. The predicted octanol–water partition coefficient (Wildman–Crippen LogP) is 3.61. The smallest absolute Gasteiger partial charge is 0.475 e. The zero-order valence-electron chi connectivity index (χ0n) is 17.6. The van der Waals surface area contributed by atoms with E-state index in [-0.39, 0.29) is 11.6 Å². The molecule has 4 saturated carbocycles. The molecule has 5 rings (SSSR count). The van der Waals surface area contributed by atoms with E-state index >= 15 is 0 Å². The van der Waals surface area contributed by atoms with Gasteiger partial charge in [0.2, 0.25) is 0 Å². The summed E-state index contributed by atoms with van der Waals surface area (Å²) in [5, 5.41) is 13.1. The van der Waals surface area contributed by atoms with Crippen molar-refractivity contribution in [3.05, 3.63) is 23.5 Å². The third-order valence-electron chi connectivity index (χ3n) is 7.04. The monoisotopic (exact) mass is 442 g/mol. The first-order valence-electron chi connectivity index (χ1n) is 10.5. The Morgan fingerprint density at radius 1 is 1.16 bits per heavy atom. The maximum Gasteiger partial charge on any atom is 0.490 e. The number of aromatic nitrogens is 1. The van der Waals surface area contributed by atoms with Gasteiger partial charge in [-0.1, -0.05) is 0 Å². The molecule has 0 atom stereocenters. The lowest BCUT2D eigenvalue weighted by atomic mass is 9.49. The van der Waals surface area contributed by atoms with Gasteiger partial charge in [-0.15, -0.1) is 0 Å². The van der Waals surface area contributed by atoms with Crippen LogP contribution in [0.2, 0.25) is 0 Å². The number of nitrogens with one attached hydrogen (secondary N) is 2. The summed E-state index contributed by atoms with van der Waals surface area (Å²) in [4.78, 5) is 25.5. The Balaban J connectivity index is 0.000000339. The van der Waals surface area contributed by atoms with Crippen molar-refractivity contribution in [3.8, 4) is 0 Å². The second-order valence-corrected chi connectivity index (χ2v) is 9.12. The van der Waals surface area contributed by atoms with Gasteiger partial charge in [-0.2, -0.15) is 13.2 Å². The standard InChI is InChI=1S/C19H28N4O.C2HF3O2/c1-11-3-4-21-12(2)17(11)23-18(24)22-10-19(20)15-6-13-5-14(8-15)9-16(19)7-13;3-2(4,5)1(6)7/h3-4,13-16H,5-10,20H2,1-2H3,(H2,22,23,24);(H,6,7). The first kappa shape index (κ1) is 23.3. The van der Waals surface area contributed by atoms with Crippen LogP contribution in [0.5, 0.6) is 0 Å². The number of halogens is 3. The quantitative estimate of drug-likeness (QED) is 0.571. The third-order valence-corrected chi connectivity index (χ3v) is 7.04. The van der Waals surface area contributed by atoms with Crippen LogP contribution in [0.1, 0.15) is 43.4 Å². The van der Waals surface area contributed by atoms with Crippen molar-refractivity contribution >= 4 is 17.7 Å². The van der Waals surface area contributed by atoms with Crippen LogP contribution >= 0.6 is 0 Å². The first-order chi connectivity index (χ1) is 14.4. The van der Waals surface area contributed by atoms with Crippen LogP contribution in [0.4, 0.5) is 23.7 Å². The van der Waals surface area contributed by atoms with Gasteiger partial charge in [0.25, 0.3) is 0 Å². The van der Waals surface area contributed by atoms with E-state index in [4.69, 9.17) is 15.6 Å². The minimum atomic E-state index is -5.08. The lowest BCUT2D eigenvalue weighted by Gasteiger charge is -2.59. The summed E-state index contributed by atoms with van der Waals surface area (Å²) in [7, 11) is 0. The highest BCUT2D eigenvalue weighted by molar-refractivity contribution is 5.90. The summed E-state index contributed by atoms with van der Waals surface area (Å²) >= 11 is 0. The average Bonchev–Trinajstić information content (AvgIpc) is 2.67. The number of carbonyl (C=O) groups is 2. The fourth-order valence-corrected chi connectivity index (χ4v) is 5.62. The molecular weight excluding hydrogens is 413 g/mol. The van der Waals surface area contributed by atoms with Crippen molar-refractivity contribution in [2.75, 3.05) is 11.9 Å². The number of aryl methyl sites for hydroxylation is 2. The summed E-state index contributed by atoms with van der Waals surface area (Å²) in [6.45, 7) is 4.46. The van der Waals surface area contributed by atoms with E-state index in [9.17, 15) is 18.0 Å². The molecule has 0 aliphatic heterocycles. The van der Waals surface area contributed by atoms with Crippen LogP contribution < -0.4 is 16.4 Å². The summed E-state index contributed by atoms with van der Waals surface area (Å²) in [6.07, 6.45) is 3.12. The van der Waals surface area contributed by atoms with Crippen LogP contribution in [-0.4, -0.2) is 40.4 Å². The number of amides is 2. The molecule has 0 spiro atoms. The minimum Gasteiger partial charge on any atom is -0.475 e. The third kappa shape index (κ3) is 5.11. The predicted molar refractivity (Wildman–Crippen MR) is 108 cm³/mol. The maximum absolute atomic E-state index is 12.4. The lowest BCUT2D eigenvalue weighted by Crippen LogP contribution is -2.67. The number of anilines is 1. The molecule has 5 N–H and O–H groups in total. The van der Waals surface area contributed by atoms with Crippen LogP contribution in [0.25, 0.3) is 0 Å². The topological polar surface area (TPSA) is 117 Å². The van der Waals surface area contributed by atoms with Gasteiger partial charge in [-0.25, -0.2) is 9.59 Å². The van der Waals surface area contributed by atoms with Gasteiger partial charge in [0.1, 0.15) is 0 Å². The molecule has 172 valence electrons. The molecule has 0 radical (unpaired) electrons. The van der Waals surface area contributed by atoms with Crippen molar-refractivity contribution in [1.29, 1.82) is 0 Å². The van der Waals surface area contributed by atoms with Crippen molar-refractivity contribution in [2.45, 2.75) is 57.7 Å². The van der Waals surface area contributed by atoms with Crippen molar-refractivity contribution in [3.63, 3.8) is 0 Å². The molecule has 2 amide bonds. The Kier molecular flexibility index (Phi) is 6.50. The number of carboxylic acid groups (broad SMARTS) is 1. The lowest BCUT2D eigenvalue weighted by molar-refractivity contribution is -0.192. The highest BCUT2D eigenvalue weighted by atomic mass is 19.4. The van der Waals surface area contributed by atoms with E-state index in [2.05, 4.69) is 15.6 Å². The SMILES string of the molecule is Cc1ccnc(C)c1NC(=O)NCC1(N)C2CC3CC(C2)CC1C3.O=C(O)C(F)(F)F. The van der Waals surface area contributed by atoms with E-state index in [1.807, 2.05) is 19.9 Å². The van der Waals surface area contributed by atoms with Gasteiger partial charge in [0.05, 0.1) is 11.4 Å². The van der Waals surface area contributed by atoms with Gasteiger partial charge in [-0.05, 0) is 81.3 Å². The maximum atomic E-state index is 12.4. The molecule has 4 fully saturated rings. The van der Waals surface area contributed by atoms with Crippen LogP contribution in [-0.2, 0) is 4.79 Å². The van der Waals surface area contributed by atoms with E-state index in [1.54, 1.807) is 6.20 Å². The fourth-order valence-electron chi connectivity index (χ4n) is 5.62. The number of carbonyl (C=O) groups excluding carboxylic acids is 1. The number of aliphatic carboxylic acids is 1. The number of hydrogen-bond acceptors (Lipinski definition) is 4. The van der Waals surface area contributed by atoms with Crippen molar-refractivity contribution < 1.29 is 27.9 Å². The molecule has 10 heteroatoms. The summed E-state index contributed by atoms with van der Waals surface area (Å²) in [6, 6.07) is 1.73. The molecule has 1 aromatic rings. The number of urea groups is 1. The Labute approximate surface area is 179 Å². The Morgan fingerprint density at radius 2 is 1.68 bits per heavy atom. The fraction of sp³-hybridized carbons (Fsp3) is 0.667. The van der Waals surface area contributed by atoms with E-state index in [0.29, 0.717) is 18.4 Å². The molecular formula is C21H29F3N4O3. The molecule has 1 aromatic heterocycles. The number of nitrogens with two attached hydrogens (primary N) is 1. The highest BCUT2D eigenvalue weighted by Gasteiger charge is 2.55. The Hall–Kier alpha value is -2.36. The second-order valence-electron chi connectivity index (χ2n) is 9.12. The molecule has 0 saturated heterocycles. The average molecular weight is 442 g/mol. The summed E-state index contributed by atoms with van der Waals surface area (Å²) in [5.74, 6) is 0.178. The number of alkyl halides is 3. The molecule has 31 heavy (non-hydrogen) atoms. The van der Waals surface area contributed by atoms with E-state index < -0.39 is 12.1 Å². The summed E-state index contributed by atoms with van der Waals surface area (Å²) in [5.41, 5.74) is 9.28. The molecule has 0 aromatic carbocycles. The first-order valence-corrected chi connectivity index (χ1v) is 10.5. The molecule has 4 bridgehead atoms. The molecule has 1 heterocycles. The van der Waals surface area contributed by atoms with E-state index in [0.717, 1.165) is 28.8 Å². The zero-order chi connectivity index (χ0) is 23.0. The van der Waals surface area contributed by atoms with Gasteiger partial charge in [-0.3, -0.25) is 4.98 Å². The van der Waals surface area contributed by atoms with Gasteiger partial charge >= 0.3 is 18.2 Å². The number of nitrogens with zero attached hydrogens (tertiary/aromatic N) is 1. The Bertz CT molecular complexity index is 795. The number of pyridine rings is 1. The molecule has 4 aliphatic rings. The largest absolute Gasteiger partial charge is 0.490 e. The highest BCUT2D eigenvalue weighted by Crippen LogP contribution is 2.57.